The second kappa shape index (κ2) is 13.1. The number of carbonyl (C=O) groups excluding carboxylic acids is 1. The van der Waals surface area contributed by atoms with Crippen molar-refractivity contribution in [1.82, 2.24) is 9.71 Å². The van der Waals surface area contributed by atoms with Crippen molar-refractivity contribution in [3.63, 3.8) is 0 Å². The fourth-order valence-electron chi connectivity index (χ4n) is 4.75. The summed E-state index contributed by atoms with van der Waals surface area (Å²) in [5, 5.41) is 11.9. The molecule has 0 spiro atoms. The van der Waals surface area contributed by atoms with Crippen LogP contribution in [0.25, 0.3) is 0 Å². The monoisotopic (exact) mass is 601 g/mol. The number of ether oxygens (including phenoxy) is 2. The Morgan fingerprint density at radius 3 is 2.19 bits per heavy atom. The highest BCUT2D eigenvalue weighted by Gasteiger charge is 2.26. The number of hydrogen-bond donors (Lipinski definition) is 3. The maximum Gasteiger partial charge on any atom is 0.337 e. The van der Waals surface area contributed by atoms with Crippen LogP contribution in [-0.2, 0) is 10.0 Å². The lowest BCUT2D eigenvalue weighted by molar-refractivity contribution is 0.0698. The Bertz CT molecular complexity index is 1680. The number of nitrogens with one attached hydrogen (secondary N) is 2. The standard InChI is InChI=1S/C32H31N3O7S/c1-21-6-17-27(18-7-21)43(39,40)35-23-9-11-24(12-10-23)41-25-13-15-26(16-14-25)42-30-19-8-22(20-33-30)31(36)34-29-5-3-2-4-28(29)32(37)38/h2-8,13-20,23-24,35H,9-12H2,1H3,(H,34,36)(H,37,38). The van der Waals surface area contributed by atoms with Crippen LogP contribution in [0.1, 0.15) is 52.0 Å². The number of carbonyl (C=O) groups is 2. The van der Waals surface area contributed by atoms with E-state index in [9.17, 15) is 23.1 Å². The molecule has 11 heteroatoms. The van der Waals surface area contributed by atoms with Crippen LogP contribution in [0.15, 0.2) is 96.0 Å². The third kappa shape index (κ3) is 7.76. The van der Waals surface area contributed by atoms with Crippen LogP contribution in [0.4, 0.5) is 5.69 Å². The molecule has 1 aromatic heterocycles. The van der Waals surface area contributed by atoms with Crippen molar-refractivity contribution in [1.29, 1.82) is 0 Å². The Balaban J connectivity index is 1.09. The first-order valence-electron chi connectivity index (χ1n) is 13.8. The Morgan fingerprint density at radius 2 is 1.53 bits per heavy atom. The number of hydrogen-bond acceptors (Lipinski definition) is 7. The van der Waals surface area contributed by atoms with Crippen LogP contribution in [-0.4, -0.2) is 42.5 Å². The minimum Gasteiger partial charge on any atom is -0.490 e. The molecule has 0 unspecified atom stereocenters. The Morgan fingerprint density at radius 1 is 0.860 bits per heavy atom. The van der Waals surface area contributed by atoms with Crippen LogP contribution in [0.3, 0.4) is 0 Å². The number of amides is 1. The summed E-state index contributed by atoms with van der Waals surface area (Å²) in [6, 6.07) is 23.0. The quantitative estimate of drug-likeness (QED) is 0.207. The molecule has 0 bridgehead atoms. The molecule has 0 atom stereocenters. The SMILES string of the molecule is Cc1ccc(S(=O)(=O)NC2CCC(Oc3ccc(Oc4ccc(C(=O)Nc5ccccc5C(=O)O)cn4)cc3)CC2)cc1. The lowest BCUT2D eigenvalue weighted by Gasteiger charge is -2.29. The van der Waals surface area contributed by atoms with Gasteiger partial charge in [-0.05, 0) is 87.2 Å². The zero-order valence-corrected chi connectivity index (χ0v) is 24.2. The lowest BCUT2D eigenvalue weighted by atomic mass is 9.94. The smallest absolute Gasteiger partial charge is 0.337 e. The van der Waals surface area contributed by atoms with E-state index in [4.69, 9.17) is 9.47 Å². The van der Waals surface area contributed by atoms with Crippen molar-refractivity contribution in [3.8, 4) is 17.4 Å². The predicted molar refractivity (Wildman–Crippen MR) is 160 cm³/mol. The van der Waals surface area contributed by atoms with Gasteiger partial charge in [0.1, 0.15) is 11.5 Å². The van der Waals surface area contributed by atoms with Gasteiger partial charge < -0.3 is 19.9 Å². The number of carboxylic acid groups (broad SMARTS) is 1. The summed E-state index contributed by atoms with van der Waals surface area (Å²) in [5.74, 6) is -0.144. The van der Waals surface area contributed by atoms with Gasteiger partial charge in [-0.15, -0.1) is 0 Å². The van der Waals surface area contributed by atoms with E-state index < -0.39 is 21.9 Å². The minimum absolute atomic E-state index is 0.00906. The van der Waals surface area contributed by atoms with E-state index in [1.54, 1.807) is 66.7 Å². The van der Waals surface area contributed by atoms with E-state index in [1.807, 2.05) is 6.92 Å². The fraction of sp³-hybridized carbons (Fsp3) is 0.219. The molecule has 222 valence electrons. The number of carboxylic acids is 1. The topological polar surface area (TPSA) is 144 Å². The minimum atomic E-state index is -3.56. The number of pyridine rings is 1. The first kappa shape index (κ1) is 29.7. The van der Waals surface area contributed by atoms with E-state index >= 15 is 0 Å². The van der Waals surface area contributed by atoms with Gasteiger partial charge in [0.25, 0.3) is 5.91 Å². The van der Waals surface area contributed by atoms with Crippen LogP contribution in [0, 0.1) is 6.92 Å². The van der Waals surface area contributed by atoms with E-state index in [-0.39, 0.29) is 39.7 Å². The summed E-state index contributed by atoms with van der Waals surface area (Å²) >= 11 is 0. The van der Waals surface area contributed by atoms with Gasteiger partial charge in [0, 0.05) is 18.3 Å². The number of anilines is 1. The Hall–Kier alpha value is -4.74. The average molecular weight is 602 g/mol. The number of aromatic nitrogens is 1. The van der Waals surface area contributed by atoms with Crippen molar-refractivity contribution in [2.75, 3.05) is 5.32 Å². The van der Waals surface area contributed by atoms with Crippen LogP contribution < -0.4 is 19.5 Å². The molecule has 1 fully saturated rings. The third-order valence-corrected chi connectivity index (χ3v) is 8.62. The van der Waals surface area contributed by atoms with Crippen molar-refractivity contribution in [2.45, 2.75) is 49.6 Å². The van der Waals surface area contributed by atoms with E-state index in [1.165, 1.54) is 24.4 Å². The Labute approximate surface area is 249 Å². The molecular weight excluding hydrogens is 570 g/mol. The van der Waals surface area contributed by atoms with Gasteiger partial charge in [-0.3, -0.25) is 4.79 Å². The van der Waals surface area contributed by atoms with Gasteiger partial charge in [0.05, 0.1) is 27.8 Å². The molecule has 0 radical (unpaired) electrons. The van der Waals surface area contributed by atoms with Crippen LogP contribution >= 0.6 is 0 Å². The molecule has 1 heterocycles. The number of rotatable bonds is 10. The maximum absolute atomic E-state index is 12.7. The van der Waals surface area contributed by atoms with E-state index in [0.29, 0.717) is 24.3 Å². The zero-order chi connectivity index (χ0) is 30.4. The summed E-state index contributed by atoms with van der Waals surface area (Å²) in [6.07, 6.45) is 4.15. The first-order chi connectivity index (χ1) is 20.7. The van der Waals surface area contributed by atoms with Gasteiger partial charge >= 0.3 is 5.97 Å². The van der Waals surface area contributed by atoms with Gasteiger partial charge in [-0.2, -0.15) is 0 Å². The molecule has 1 aliphatic rings. The van der Waals surface area contributed by atoms with Crippen LogP contribution in [0.2, 0.25) is 0 Å². The zero-order valence-electron chi connectivity index (χ0n) is 23.4. The molecule has 0 saturated heterocycles. The molecule has 4 aromatic rings. The summed E-state index contributed by atoms with van der Waals surface area (Å²) < 4.78 is 40.1. The third-order valence-electron chi connectivity index (χ3n) is 7.08. The van der Waals surface area contributed by atoms with Crippen molar-refractivity contribution in [2.24, 2.45) is 0 Å². The molecule has 3 aromatic carbocycles. The highest BCUT2D eigenvalue weighted by Crippen LogP contribution is 2.28. The summed E-state index contributed by atoms with van der Waals surface area (Å²) in [5.41, 5.74) is 1.44. The summed E-state index contributed by atoms with van der Waals surface area (Å²) in [4.78, 5) is 28.4. The highest BCUT2D eigenvalue weighted by molar-refractivity contribution is 7.89. The Kier molecular flexibility index (Phi) is 9.03. The second-order valence-corrected chi connectivity index (χ2v) is 12.0. The largest absolute Gasteiger partial charge is 0.490 e. The highest BCUT2D eigenvalue weighted by atomic mass is 32.2. The molecule has 1 amide bonds. The lowest BCUT2D eigenvalue weighted by Crippen LogP contribution is -2.39. The van der Waals surface area contributed by atoms with Crippen LogP contribution in [0.5, 0.6) is 17.4 Å². The predicted octanol–water partition coefficient (Wildman–Crippen LogP) is 5.80. The molecule has 3 N–H and O–H groups in total. The molecule has 5 rings (SSSR count). The fourth-order valence-corrected chi connectivity index (χ4v) is 6.06. The molecular formula is C32H31N3O7S. The summed E-state index contributed by atoms with van der Waals surface area (Å²) in [7, 11) is -3.56. The normalized spacial score (nSPS) is 16.7. The van der Waals surface area contributed by atoms with Crippen molar-refractivity contribution >= 4 is 27.6 Å². The molecule has 0 aliphatic heterocycles. The molecule has 1 aliphatic carbocycles. The first-order valence-corrected chi connectivity index (χ1v) is 15.3. The molecule has 1 saturated carbocycles. The van der Waals surface area contributed by atoms with Gasteiger partial charge in [-0.1, -0.05) is 29.8 Å². The van der Waals surface area contributed by atoms with Gasteiger partial charge in [0.2, 0.25) is 15.9 Å². The van der Waals surface area contributed by atoms with Gasteiger partial charge in [-0.25, -0.2) is 22.9 Å². The van der Waals surface area contributed by atoms with Crippen molar-refractivity contribution in [3.05, 3.63) is 108 Å². The average Bonchev–Trinajstić information content (AvgIpc) is 3.00. The van der Waals surface area contributed by atoms with E-state index in [2.05, 4.69) is 15.0 Å². The number of nitrogens with zero attached hydrogens (tertiary/aromatic N) is 1. The number of benzene rings is 3. The number of para-hydroxylation sites is 1. The van der Waals surface area contributed by atoms with Crippen molar-refractivity contribution < 1.29 is 32.6 Å². The second-order valence-electron chi connectivity index (χ2n) is 10.3. The maximum atomic E-state index is 12.7. The molecule has 10 nitrogen and oxygen atoms in total. The van der Waals surface area contributed by atoms with E-state index in [0.717, 1.165) is 18.4 Å². The number of sulfonamides is 1. The number of aromatic carboxylic acids is 1. The van der Waals surface area contributed by atoms with Gasteiger partial charge in [0.15, 0.2) is 0 Å². The summed E-state index contributed by atoms with van der Waals surface area (Å²) in [6.45, 7) is 1.92. The molecule has 43 heavy (non-hydrogen) atoms. The number of aryl methyl sites for hydroxylation is 1.